The highest BCUT2D eigenvalue weighted by Crippen LogP contribution is 2.48. The van der Waals surface area contributed by atoms with Crippen LogP contribution in [0, 0.1) is 0 Å². The highest BCUT2D eigenvalue weighted by molar-refractivity contribution is 9.10. The molecule has 1 aromatic heterocycles. The van der Waals surface area contributed by atoms with Crippen LogP contribution < -0.4 is 5.43 Å². The summed E-state index contributed by atoms with van der Waals surface area (Å²) in [5.41, 5.74) is 6.60. The second kappa shape index (κ2) is 9.10. The Bertz CT molecular complexity index is 1600. The molecule has 0 spiro atoms. The van der Waals surface area contributed by atoms with Gasteiger partial charge in [-0.3, -0.25) is 4.79 Å². The van der Waals surface area contributed by atoms with Gasteiger partial charge >= 0.3 is 0 Å². The molecule has 1 aliphatic rings. The third-order valence-corrected chi connectivity index (χ3v) is 8.66. The Kier molecular flexibility index (Phi) is 5.79. The van der Waals surface area contributed by atoms with E-state index in [2.05, 4.69) is 82.7 Å². The van der Waals surface area contributed by atoms with Crippen molar-refractivity contribution in [1.82, 2.24) is 0 Å². The van der Waals surface area contributed by atoms with Gasteiger partial charge in [0.05, 0.1) is 5.56 Å². The lowest BCUT2D eigenvalue weighted by Crippen LogP contribution is -2.21. The van der Waals surface area contributed by atoms with E-state index in [0.717, 1.165) is 27.6 Å². The van der Waals surface area contributed by atoms with Gasteiger partial charge in [0.2, 0.25) is 0 Å². The summed E-state index contributed by atoms with van der Waals surface area (Å²) in [5.74, 6) is 0.110. The first-order valence-corrected chi connectivity index (χ1v) is 13.4. The second-order valence-electron chi connectivity index (χ2n) is 9.05. The van der Waals surface area contributed by atoms with Gasteiger partial charge in [0, 0.05) is 26.4 Å². The molecular formula is C31H23BrO2S. The van der Waals surface area contributed by atoms with E-state index in [4.69, 9.17) is 0 Å². The molecule has 0 aliphatic heterocycles. The average Bonchev–Trinajstić information content (AvgIpc) is 2.89. The van der Waals surface area contributed by atoms with Crippen LogP contribution in [-0.4, -0.2) is 5.11 Å². The first kappa shape index (κ1) is 22.3. The molecule has 6 rings (SSSR count). The number of rotatable bonds is 3. The van der Waals surface area contributed by atoms with Gasteiger partial charge in [0.15, 0.2) is 10.5 Å². The summed E-state index contributed by atoms with van der Waals surface area (Å²) in [6.07, 6.45) is 1.72. The molecule has 4 aromatic carbocycles. The molecule has 2 unspecified atom stereocenters. The molecule has 2 nitrogen and oxygen atoms in total. The summed E-state index contributed by atoms with van der Waals surface area (Å²) in [6.45, 7) is 0. The molecule has 0 bridgehead atoms. The third kappa shape index (κ3) is 3.91. The molecule has 4 heteroatoms. The summed E-state index contributed by atoms with van der Waals surface area (Å²) >= 11 is 4.85. The van der Waals surface area contributed by atoms with Crippen LogP contribution in [0.1, 0.15) is 46.9 Å². The molecule has 0 saturated heterocycles. The van der Waals surface area contributed by atoms with Gasteiger partial charge in [-0.25, -0.2) is 0 Å². The SMILES string of the molecule is O=c1c(C2CCC(c3ccccc3-c3ccc(Br)cc3)c3ccccc32)c(O)sc2ccccc12. The van der Waals surface area contributed by atoms with Crippen LogP contribution in [0.2, 0.25) is 0 Å². The number of benzene rings is 4. The molecule has 1 aliphatic carbocycles. The van der Waals surface area contributed by atoms with E-state index in [-0.39, 0.29) is 22.3 Å². The van der Waals surface area contributed by atoms with E-state index in [1.807, 2.05) is 30.3 Å². The summed E-state index contributed by atoms with van der Waals surface area (Å²) in [5, 5.41) is 11.8. The molecule has 0 amide bonds. The molecule has 1 heterocycles. The van der Waals surface area contributed by atoms with Gasteiger partial charge in [0.25, 0.3) is 0 Å². The number of hydrogen-bond acceptors (Lipinski definition) is 3. The Balaban J connectivity index is 1.49. The Hall–Kier alpha value is -3.21. The molecule has 0 radical (unpaired) electrons. The van der Waals surface area contributed by atoms with E-state index < -0.39 is 0 Å². The first-order valence-electron chi connectivity index (χ1n) is 11.8. The minimum absolute atomic E-state index is 0.0506. The maximum absolute atomic E-state index is 13.5. The van der Waals surface area contributed by atoms with E-state index in [9.17, 15) is 9.90 Å². The maximum Gasteiger partial charge on any atom is 0.195 e. The van der Waals surface area contributed by atoms with E-state index in [1.54, 1.807) is 0 Å². The zero-order valence-corrected chi connectivity index (χ0v) is 21.4. The summed E-state index contributed by atoms with van der Waals surface area (Å²) in [7, 11) is 0. The normalized spacial score (nSPS) is 17.3. The summed E-state index contributed by atoms with van der Waals surface area (Å²) in [4.78, 5) is 13.5. The topological polar surface area (TPSA) is 37.3 Å². The first-order chi connectivity index (χ1) is 17.1. The fourth-order valence-electron chi connectivity index (χ4n) is 5.56. The van der Waals surface area contributed by atoms with Gasteiger partial charge in [-0.1, -0.05) is 100 Å². The van der Waals surface area contributed by atoms with Crippen molar-refractivity contribution in [2.75, 3.05) is 0 Å². The largest absolute Gasteiger partial charge is 0.499 e. The molecular weight excluding hydrogens is 516 g/mol. The highest BCUT2D eigenvalue weighted by Gasteiger charge is 2.33. The van der Waals surface area contributed by atoms with Crippen molar-refractivity contribution in [3.63, 3.8) is 0 Å². The highest BCUT2D eigenvalue weighted by atomic mass is 79.9. The molecule has 0 saturated carbocycles. The average molecular weight is 539 g/mol. The smallest absolute Gasteiger partial charge is 0.195 e. The molecule has 5 aromatic rings. The van der Waals surface area contributed by atoms with Crippen LogP contribution in [0.5, 0.6) is 5.06 Å². The van der Waals surface area contributed by atoms with Crippen LogP contribution in [-0.2, 0) is 0 Å². The summed E-state index contributed by atoms with van der Waals surface area (Å²) < 4.78 is 1.89. The molecule has 1 N–H and O–H groups in total. The predicted octanol–water partition coefficient (Wildman–Crippen LogP) is 8.45. The van der Waals surface area contributed by atoms with Gasteiger partial charge in [0.1, 0.15) is 0 Å². The minimum Gasteiger partial charge on any atom is -0.499 e. The number of hydrogen-bond donors (Lipinski definition) is 1. The minimum atomic E-state index is -0.115. The quantitative estimate of drug-likeness (QED) is 0.250. The lowest BCUT2D eigenvalue weighted by molar-refractivity contribution is 0.470. The van der Waals surface area contributed by atoms with Crippen molar-refractivity contribution in [3.05, 3.63) is 134 Å². The van der Waals surface area contributed by atoms with Crippen LogP contribution in [0.25, 0.3) is 21.2 Å². The zero-order valence-electron chi connectivity index (χ0n) is 18.9. The Morgan fingerprint density at radius 1 is 0.714 bits per heavy atom. The van der Waals surface area contributed by atoms with Crippen LogP contribution in [0.15, 0.2) is 106 Å². The maximum atomic E-state index is 13.5. The van der Waals surface area contributed by atoms with Gasteiger partial charge in [-0.2, -0.15) is 0 Å². The Morgan fingerprint density at radius 3 is 2.09 bits per heavy atom. The summed E-state index contributed by atoms with van der Waals surface area (Å²) in [6, 6.07) is 33.1. The fourth-order valence-corrected chi connectivity index (χ4v) is 6.79. The molecule has 0 fully saturated rings. The molecule has 2 atom stereocenters. The number of halogens is 1. The Labute approximate surface area is 216 Å². The zero-order chi connectivity index (χ0) is 23.9. The van der Waals surface area contributed by atoms with Crippen molar-refractivity contribution in [2.24, 2.45) is 0 Å². The monoisotopic (exact) mass is 538 g/mol. The van der Waals surface area contributed by atoms with Crippen molar-refractivity contribution in [1.29, 1.82) is 0 Å². The standard InChI is InChI=1S/C31H23BrO2S/c32-20-15-13-19(14-16-20)21-7-1-2-8-22(21)25-17-18-26(24-10-4-3-9-23(24)25)29-30(33)27-11-5-6-12-28(27)35-31(29)34/h1-16,25-26,34H,17-18H2. The van der Waals surface area contributed by atoms with E-state index in [0.29, 0.717) is 10.9 Å². The van der Waals surface area contributed by atoms with Crippen molar-refractivity contribution < 1.29 is 5.11 Å². The van der Waals surface area contributed by atoms with Gasteiger partial charge in [-0.15, -0.1) is 0 Å². The third-order valence-electron chi connectivity index (χ3n) is 7.14. The van der Waals surface area contributed by atoms with Crippen molar-refractivity contribution >= 4 is 37.4 Å². The van der Waals surface area contributed by atoms with Crippen LogP contribution in [0.4, 0.5) is 0 Å². The fraction of sp³-hybridized carbons (Fsp3) is 0.129. The van der Waals surface area contributed by atoms with E-state index >= 15 is 0 Å². The molecule has 172 valence electrons. The lowest BCUT2D eigenvalue weighted by atomic mass is 9.71. The van der Waals surface area contributed by atoms with Gasteiger partial charge < -0.3 is 5.11 Å². The number of fused-ring (bicyclic) bond motifs is 2. The lowest BCUT2D eigenvalue weighted by Gasteiger charge is -2.33. The van der Waals surface area contributed by atoms with Gasteiger partial charge in [-0.05, 0) is 64.9 Å². The number of aromatic hydroxyl groups is 1. The van der Waals surface area contributed by atoms with Crippen molar-refractivity contribution in [3.8, 4) is 16.2 Å². The Morgan fingerprint density at radius 2 is 1.31 bits per heavy atom. The van der Waals surface area contributed by atoms with Crippen LogP contribution in [0.3, 0.4) is 0 Å². The van der Waals surface area contributed by atoms with Crippen LogP contribution >= 0.6 is 27.3 Å². The van der Waals surface area contributed by atoms with Crippen molar-refractivity contribution in [2.45, 2.75) is 24.7 Å². The second-order valence-corrected chi connectivity index (χ2v) is 11.0. The van der Waals surface area contributed by atoms with E-state index in [1.165, 1.54) is 33.6 Å². The predicted molar refractivity (Wildman–Crippen MR) is 149 cm³/mol. The molecule has 35 heavy (non-hydrogen) atoms.